The Morgan fingerprint density at radius 3 is 2.43 bits per heavy atom. The van der Waals surface area contributed by atoms with Gasteiger partial charge >= 0.3 is 0 Å². The average molecular weight is 450 g/mol. The van der Waals surface area contributed by atoms with E-state index in [9.17, 15) is 0 Å². The molecule has 2 N–H and O–H groups in total. The van der Waals surface area contributed by atoms with Crippen LogP contribution in [-0.2, 0) is 6.54 Å². The summed E-state index contributed by atoms with van der Waals surface area (Å²) in [7, 11) is 5.99. The molecule has 6 heteroatoms. The van der Waals surface area contributed by atoms with Gasteiger partial charge in [-0.25, -0.2) is 0 Å². The van der Waals surface area contributed by atoms with E-state index >= 15 is 0 Å². The average Bonchev–Trinajstić information content (AvgIpc) is 2.48. The van der Waals surface area contributed by atoms with Crippen LogP contribution in [0.15, 0.2) is 28.1 Å². The Hall–Kier alpha value is -0.470. The molecule has 1 aromatic carbocycles. The van der Waals surface area contributed by atoms with Gasteiger partial charge in [-0.3, -0.25) is 4.99 Å². The van der Waals surface area contributed by atoms with Gasteiger partial charge in [0.25, 0.3) is 0 Å². The third-order valence-corrected chi connectivity index (χ3v) is 4.83. The van der Waals surface area contributed by atoms with Crippen LogP contribution in [0.5, 0.6) is 0 Å². The first kappa shape index (κ1) is 22.5. The maximum Gasteiger partial charge on any atom is 0.191 e. The second-order valence-corrected chi connectivity index (χ2v) is 7.15. The van der Waals surface area contributed by atoms with Crippen molar-refractivity contribution in [3.63, 3.8) is 0 Å². The highest BCUT2D eigenvalue weighted by atomic mass is 127. The minimum absolute atomic E-state index is 0. The molecular formula is C17H31IN4S. The third kappa shape index (κ3) is 7.30. The van der Waals surface area contributed by atoms with Crippen molar-refractivity contribution in [1.29, 1.82) is 0 Å². The normalized spacial score (nSPS) is 12.1. The second kappa shape index (κ2) is 10.4. The van der Waals surface area contributed by atoms with E-state index < -0.39 is 0 Å². The number of guanidine groups is 1. The zero-order valence-corrected chi connectivity index (χ0v) is 18.5. The number of aliphatic imine (C=N–C) groups is 1. The summed E-state index contributed by atoms with van der Waals surface area (Å²) >= 11 is 1.78. The molecule has 0 bridgehead atoms. The van der Waals surface area contributed by atoms with Crippen molar-refractivity contribution < 1.29 is 0 Å². The van der Waals surface area contributed by atoms with Crippen LogP contribution in [0.25, 0.3) is 0 Å². The van der Waals surface area contributed by atoms with E-state index in [-0.39, 0.29) is 29.5 Å². The Kier molecular flexibility index (Phi) is 10.2. The SMILES string of the molecule is CN=C(NCc1ccc(C)cc1SC)NCC(C)(C)N(C)C.I. The summed E-state index contributed by atoms with van der Waals surface area (Å²) in [6.07, 6.45) is 2.12. The number of hydrogen-bond donors (Lipinski definition) is 2. The minimum atomic E-state index is 0. The lowest BCUT2D eigenvalue weighted by Crippen LogP contribution is -2.50. The quantitative estimate of drug-likeness (QED) is 0.302. The van der Waals surface area contributed by atoms with E-state index in [0.717, 1.165) is 19.0 Å². The van der Waals surface area contributed by atoms with Gasteiger partial charge in [0.15, 0.2) is 5.96 Å². The van der Waals surface area contributed by atoms with Crippen molar-refractivity contribution in [2.24, 2.45) is 4.99 Å². The summed E-state index contributed by atoms with van der Waals surface area (Å²) in [6, 6.07) is 6.57. The molecular weight excluding hydrogens is 419 g/mol. The summed E-state index contributed by atoms with van der Waals surface area (Å²) in [5, 5.41) is 6.80. The maximum atomic E-state index is 4.31. The van der Waals surface area contributed by atoms with Crippen LogP contribution in [0.3, 0.4) is 0 Å². The van der Waals surface area contributed by atoms with Gasteiger partial charge in [0, 0.05) is 30.6 Å². The van der Waals surface area contributed by atoms with E-state index in [2.05, 4.69) is 79.8 Å². The maximum absolute atomic E-state index is 4.31. The number of rotatable bonds is 6. The predicted octanol–water partition coefficient (Wildman–Crippen LogP) is 3.34. The van der Waals surface area contributed by atoms with Crippen molar-refractivity contribution in [3.8, 4) is 0 Å². The molecule has 0 atom stereocenters. The Morgan fingerprint density at radius 2 is 1.91 bits per heavy atom. The number of likely N-dealkylation sites (N-methyl/N-ethyl adjacent to an activating group) is 1. The van der Waals surface area contributed by atoms with Crippen molar-refractivity contribution in [2.75, 3.05) is 33.9 Å². The summed E-state index contributed by atoms with van der Waals surface area (Å²) in [4.78, 5) is 7.83. The van der Waals surface area contributed by atoms with Crippen LogP contribution in [0.2, 0.25) is 0 Å². The van der Waals surface area contributed by atoms with Gasteiger partial charge in [-0.15, -0.1) is 35.7 Å². The van der Waals surface area contributed by atoms with Gasteiger partial charge in [-0.2, -0.15) is 0 Å². The zero-order valence-electron chi connectivity index (χ0n) is 15.4. The molecule has 0 aromatic heterocycles. The van der Waals surface area contributed by atoms with Gasteiger partial charge in [-0.05, 0) is 58.3 Å². The monoisotopic (exact) mass is 450 g/mol. The summed E-state index contributed by atoms with van der Waals surface area (Å²) in [5.41, 5.74) is 2.67. The van der Waals surface area contributed by atoms with Crippen molar-refractivity contribution in [2.45, 2.75) is 37.8 Å². The highest BCUT2D eigenvalue weighted by Crippen LogP contribution is 2.21. The largest absolute Gasteiger partial charge is 0.355 e. The number of hydrogen-bond acceptors (Lipinski definition) is 3. The Morgan fingerprint density at radius 1 is 1.26 bits per heavy atom. The lowest BCUT2D eigenvalue weighted by molar-refractivity contribution is 0.197. The molecule has 23 heavy (non-hydrogen) atoms. The topological polar surface area (TPSA) is 39.7 Å². The molecule has 132 valence electrons. The van der Waals surface area contributed by atoms with Crippen LogP contribution in [0.4, 0.5) is 0 Å². The van der Waals surface area contributed by atoms with Crippen molar-refractivity contribution >= 4 is 41.7 Å². The Bertz CT molecular complexity index is 515. The van der Waals surface area contributed by atoms with Gasteiger partial charge < -0.3 is 15.5 Å². The van der Waals surface area contributed by atoms with E-state index in [1.807, 2.05) is 7.05 Å². The first-order valence-corrected chi connectivity index (χ1v) is 8.78. The number of thioether (sulfide) groups is 1. The highest BCUT2D eigenvalue weighted by Gasteiger charge is 2.20. The summed E-state index contributed by atoms with van der Waals surface area (Å²) in [5.74, 6) is 0.836. The van der Waals surface area contributed by atoms with Crippen LogP contribution in [0.1, 0.15) is 25.0 Å². The van der Waals surface area contributed by atoms with E-state index in [1.54, 1.807) is 11.8 Å². The van der Waals surface area contributed by atoms with Crippen LogP contribution < -0.4 is 10.6 Å². The van der Waals surface area contributed by atoms with Gasteiger partial charge in [0.1, 0.15) is 0 Å². The number of benzene rings is 1. The molecule has 4 nitrogen and oxygen atoms in total. The summed E-state index contributed by atoms with van der Waals surface area (Å²) < 4.78 is 0. The fourth-order valence-corrected chi connectivity index (χ4v) is 2.56. The molecule has 0 aliphatic rings. The first-order chi connectivity index (χ1) is 10.3. The Labute approximate surface area is 162 Å². The lowest BCUT2D eigenvalue weighted by Gasteiger charge is -2.33. The predicted molar refractivity (Wildman–Crippen MR) is 114 cm³/mol. The smallest absolute Gasteiger partial charge is 0.191 e. The number of halogens is 1. The molecule has 0 saturated heterocycles. The molecule has 0 unspecified atom stereocenters. The fraction of sp³-hybridized carbons (Fsp3) is 0.588. The van der Waals surface area contributed by atoms with Crippen LogP contribution in [-0.4, -0.2) is 50.3 Å². The highest BCUT2D eigenvalue weighted by molar-refractivity contribution is 14.0. The third-order valence-electron chi connectivity index (χ3n) is 4.01. The van der Waals surface area contributed by atoms with E-state index in [1.165, 1.54) is 16.0 Å². The van der Waals surface area contributed by atoms with Crippen LogP contribution >= 0.6 is 35.7 Å². The molecule has 1 aromatic rings. The molecule has 0 aliphatic carbocycles. The molecule has 0 spiro atoms. The van der Waals surface area contributed by atoms with E-state index in [4.69, 9.17) is 0 Å². The first-order valence-electron chi connectivity index (χ1n) is 7.55. The van der Waals surface area contributed by atoms with Gasteiger partial charge in [0.05, 0.1) is 0 Å². The van der Waals surface area contributed by atoms with Crippen molar-refractivity contribution in [1.82, 2.24) is 15.5 Å². The molecule has 0 fully saturated rings. The summed E-state index contributed by atoms with van der Waals surface area (Å²) in [6.45, 7) is 8.15. The molecule has 0 amide bonds. The Balaban J connectivity index is 0.00000484. The molecule has 0 aliphatic heterocycles. The zero-order chi connectivity index (χ0) is 16.8. The number of nitrogens with zero attached hydrogens (tertiary/aromatic N) is 2. The molecule has 0 radical (unpaired) electrons. The standard InChI is InChI=1S/C17H30N4S.HI/c1-13-8-9-14(15(10-13)22-7)11-19-16(18-4)20-12-17(2,3)21(5)6;/h8-10H,11-12H2,1-7H3,(H2,18,19,20);1H. The van der Waals surface area contributed by atoms with Gasteiger partial charge in [0.2, 0.25) is 0 Å². The minimum Gasteiger partial charge on any atom is -0.355 e. The fourth-order valence-electron chi connectivity index (χ4n) is 1.86. The van der Waals surface area contributed by atoms with Crippen molar-refractivity contribution in [3.05, 3.63) is 29.3 Å². The number of nitrogens with one attached hydrogen (secondary N) is 2. The van der Waals surface area contributed by atoms with Crippen LogP contribution in [0, 0.1) is 6.92 Å². The molecule has 0 heterocycles. The second-order valence-electron chi connectivity index (χ2n) is 6.30. The molecule has 0 saturated carbocycles. The molecule has 1 rings (SSSR count). The van der Waals surface area contributed by atoms with Gasteiger partial charge in [-0.1, -0.05) is 12.1 Å². The van der Waals surface area contributed by atoms with E-state index in [0.29, 0.717) is 0 Å². The number of aryl methyl sites for hydroxylation is 1. The lowest BCUT2D eigenvalue weighted by atomic mass is 10.0.